The zero-order valence-corrected chi connectivity index (χ0v) is 15.8. The molecule has 1 N–H and O–H groups in total. The van der Waals surface area contributed by atoms with Crippen LogP contribution in [0, 0.1) is 0 Å². The van der Waals surface area contributed by atoms with Gasteiger partial charge in [-0.1, -0.05) is 5.16 Å². The molecule has 2 amide bonds. The number of ether oxygens (including phenoxy) is 3. The maximum atomic E-state index is 13.2. The van der Waals surface area contributed by atoms with Crippen LogP contribution in [0.4, 0.5) is 5.82 Å². The number of rotatable bonds is 8. The summed E-state index contributed by atoms with van der Waals surface area (Å²) in [4.78, 5) is 27.0. The quantitative estimate of drug-likeness (QED) is 0.736. The Kier molecular flexibility index (Phi) is 6.49. The van der Waals surface area contributed by atoms with Crippen LogP contribution in [0.15, 0.2) is 35.1 Å². The smallest absolute Gasteiger partial charge is 0.258 e. The standard InChI is InChI=1S/C19H23N3O6/c1-25-13-5-6-15(16(10-13)26-2)19(24)22(11-14-4-3-8-27-14)12-18(23)20-17-7-9-28-21-17/h5-7,9-10,14H,3-4,8,11-12H2,1-2H3,(H,20,21,23)/t14-/m0/s1. The van der Waals surface area contributed by atoms with Gasteiger partial charge >= 0.3 is 0 Å². The van der Waals surface area contributed by atoms with Gasteiger partial charge in [-0.15, -0.1) is 0 Å². The predicted octanol–water partition coefficient (Wildman–Crippen LogP) is 1.95. The molecule has 3 rings (SSSR count). The Morgan fingerprint density at radius 1 is 1.29 bits per heavy atom. The van der Waals surface area contributed by atoms with E-state index in [9.17, 15) is 9.59 Å². The van der Waals surface area contributed by atoms with Crippen LogP contribution >= 0.6 is 0 Å². The highest BCUT2D eigenvalue weighted by Crippen LogP contribution is 2.26. The van der Waals surface area contributed by atoms with E-state index in [4.69, 9.17) is 18.7 Å². The van der Waals surface area contributed by atoms with E-state index in [-0.39, 0.29) is 30.3 Å². The summed E-state index contributed by atoms with van der Waals surface area (Å²) in [5.74, 6) is 0.524. The van der Waals surface area contributed by atoms with Crippen LogP contribution in [-0.2, 0) is 9.53 Å². The number of hydrogen-bond acceptors (Lipinski definition) is 7. The van der Waals surface area contributed by atoms with Crippen LogP contribution in [0.5, 0.6) is 11.5 Å². The van der Waals surface area contributed by atoms with Gasteiger partial charge in [0.2, 0.25) is 5.91 Å². The number of benzene rings is 1. The predicted molar refractivity (Wildman–Crippen MR) is 99.6 cm³/mol. The molecule has 1 aliphatic rings. The second kappa shape index (κ2) is 9.23. The minimum Gasteiger partial charge on any atom is -0.497 e. The Bertz CT molecular complexity index is 802. The Balaban J connectivity index is 1.78. The first-order chi connectivity index (χ1) is 13.6. The average Bonchev–Trinajstić information content (AvgIpc) is 3.40. The molecule has 1 atom stereocenters. The van der Waals surface area contributed by atoms with Crippen molar-refractivity contribution in [3.63, 3.8) is 0 Å². The molecule has 2 heterocycles. The van der Waals surface area contributed by atoms with E-state index in [2.05, 4.69) is 10.5 Å². The number of aromatic nitrogens is 1. The third-order valence-corrected chi connectivity index (χ3v) is 4.41. The Morgan fingerprint density at radius 2 is 2.14 bits per heavy atom. The summed E-state index contributed by atoms with van der Waals surface area (Å²) in [6.07, 6.45) is 3.03. The number of carbonyl (C=O) groups is 2. The molecule has 1 aromatic heterocycles. The van der Waals surface area contributed by atoms with Gasteiger partial charge in [-0.25, -0.2) is 0 Å². The first kappa shape index (κ1) is 19.7. The molecule has 150 valence electrons. The average molecular weight is 389 g/mol. The van der Waals surface area contributed by atoms with Crippen molar-refractivity contribution in [2.75, 3.05) is 39.2 Å². The van der Waals surface area contributed by atoms with Crippen molar-refractivity contribution in [3.8, 4) is 11.5 Å². The molecule has 0 unspecified atom stereocenters. The first-order valence-corrected chi connectivity index (χ1v) is 8.94. The first-order valence-electron chi connectivity index (χ1n) is 8.94. The minimum absolute atomic E-state index is 0.104. The van der Waals surface area contributed by atoms with E-state index in [0.717, 1.165) is 12.8 Å². The van der Waals surface area contributed by atoms with Crippen molar-refractivity contribution in [2.24, 2.45) is 0 Å². The lowest BCUT2D eigenvalue weighted by atomic mass is 10.1. The summed E-state index contributed by atoms with van der Waals surface area (Å²) >= 11 is 0. The van der Waals surface area contributed by atoms with E-state index in [0.29, 0.717) is 30.2 Å². The number of hydrogen-bond donors (Lipinski definition) is 1. The third kappa shape index (κ3) is 4.80. The lowest BCUT2D eigenvalue weighted by Crippen LogP contribution is -2.42. The van der Waals surface area contributed by atoms with Gasteiger partial charge in [-0.2, -0.15) is 0 Å². The van der Waals surface area contributed by atoms with Crippen molar-refractivity contribution in [3.05, 3.63) is 36.1 Å². The zero-order chi connectivity index (χ0) is 19.9. The Morgan fingerprint density at radius 3 is 2.79 bits per heavy atom. The third-order valence-electron chi connectivity index (χ3n) is 4.41. The molecule has 1 aliphatic heterocycles. The molecule has 2 aromatic rings. The number of nitrogens with one attached hydrogen (secondary N) is 1. The van der Waals surface area contributed by atoms with Crippen molar-refractivity contribution in [1.82, 2.24) is 10.1 Å². The summed E-state index contributed by atoms with van der Waals surface area (Å²) in [6.45, 7) is 0.810. The van der Waals surface area contributed by atoms with Gasteiger partial charge in [0.25, 0.3) is 5.91 Å². The minimum atomic E-state index is -0.382. The molecular weight excluding hydrogens is 366 g/mol. The zero-order valence-electron chi connectivity index (χ0n) is 15.8. The summed E-state index contributed by atoms with van der Waals surface area (Å²) < 4.78 is 20.9. The van der Waals surface area contributed by atoms with E-state index in [1.165, 1.54) is 31.4 Å². The fraction of sp³-hybridized carbons (Fsp3) is 0.421. The number of amides is 2. The van der Waals surface area contributed by atoms with Gasteiger partial charge in [0.1, 0.15) is 24.3 Å². The second-order valence-corrected chi connectivity index (χ2v) is 6.32. The number of methoxy groups -OCH3 is 2. The van der Waals surface area contributed by atoms with E-state index >= 15 is 0 Å². The molecule has 9 heteroatoms. The Hall–Kier alpha value is -3.07. The summed E-state index contributed by atoms with van der Waals surface area (Å²) in [5.41, 5.74) is 0.343. The lowest BCUT2D eigenvalue weighted by molar-refractivity contribution is -0.117. The molecule has 1 aromatic carbocycles. The summed E-state index contributed by atoms with van der Waals surface area (Å²) in [5, 5.41) is 6.25. The van der Waals surface area contributed by atoms with Crippen molar-refractivity contribution in [2.45, 2.75) is 18.9 Å². The number of anilines is 1. The topological polar surface area (TPSA) is 103 Å². The highest BCUT2D eigenvalue weighted by atomic mass is 16.5. The Labute approximate surface area is 162 Å². The molecule has 28 heavy (non-hydrogen) atoms. The van der Waals surface area contributed by atoms with E-state index < -0.39 is 0 Å². The maximum absolute atomic E-state index is 13.2. The maximum Gasteiger partial charge on any atom is 0.258 e. The molecule has 9 nitrogen and oxygen atoms in total. The van der Waals surface area contributed by atoms with Gasteiger partial charge in [-0.05, 0) is 25.0 Å². The largest absolute Gasteiger partial charge is 0.497 e. The van der Waals surface area contributed by atoms with Crippen LogP contribution in [0.1, 0.15) is 23.2 Å². The van der Waals surface area contributed by atoms with Crippen LogP contribution < -0.4 is 14.8 Å². The molecular formula is C19H23N3O6. The van der Waals surface area contributed by atoms with Crippen LogP contribution in [-0.4, -0.2) is 61.9 Å². The number of carbonyl (C=O) groups excluding carboxylic acids is 2. The van der Waals surface area contributed by atoms with Crippen LogP contribution in [0.2, 0.25) is 0 Å². The number of nitrogens with zero attached hydrogens (tertiary/aromatic N) is 2. The van der Waals surface area contributed by atoms with Crippen LogP contribution in [0.25, 0.3) is 0 Å². The summed E-state index contributed by atoms with van der Waals surface area (Å²) in [6, 6.07) is 6.46. The van der Waals surface area contributed by atoms with Gasteiger partial charge < -0.3 is 29.0 Å². The fourth-order valence-corrected chi connectivity index (χ4v) is 3.03. The monoisotopic (exact) mass is 389 g/mol. The van der Waals surface area contributed by atoms with Crippen molar-refractivity contribution >= 4 is 17.6 Å². The highest BCUT2D eigenvalue weighted by molar-refractivity contribution is 6.00. The molecule has 1 saturated heterocycles. The van der Waals surface area contributed by atoms with E-state index in [1.54, 1.807) is 18.2 Å². The second-order valence-electron chi connectivity index (χ2n) is 6.32. The van der Waals surface area contributed by atoms with Gasteiger partial charge in [0.05, 0.1) is 25.9 Å². The molecule has 0 bridgehead atoms. The molecule has 0 spiro atoms. The lowest BCUT2D eigenvalue weighted by Gasteiger charge is -2.25. The summed E-state index contributed by atoms with van der Waals surface area (Å²) in [7, 11) is 3.02. The van der Waals surface area contributed by atoms with Gasteiger partial charge in [0, 0.05) is 25.3 Å². The van der Waals surface area contributed by atoms with Crippen LogP contribution in [0.3, 0.4) is 0 Å². The van der Waals surface area contributed by atoms with Gasteiger partial charge in [0.15, 0.2) is 5.82 Å². The van der Waals surface area contributed by atoms with Crippen molar-refractivity contribution in [1.29, 1.82) is 0 Å². The normalized spacial score (nSPS) is 15.9. The van der Waals surface area contributed by atoms with Gasteiger partial charge in [-0.3, -0.25) is 9.59 Å². The molecule has 1 fully saturated rings. The molecule has 0 aliphatic carbocycles. The van der Waals surface area contributed by atoms with Crippen molar-refractivity contribution < 1.29 is 28.3 Å². The molecule has 0 radical (unpaired) electrons. The van der Waals surface area contributed by atoms with E-state index in [1.807, 2.05) is 0 Å². The fourth-order valence-electron chi connectivity index (χ4n) is 3.03. The highest BCUT2D eigenvalue weighted by Gasteiger charge is 2.27. The SMILES string of the molecule is COc1ccc(C(=O)N(CC(=O)Nc2ccon2)C[C@@H]2CCCO2)c(OC)c1. The molecule has 0 saturated carbocycles.